The summed E-state index contributed by atoms with van der Waals surface area (Å²) in [6, 6.07) is 7.13. The van der Waals surface area contributed by atoms with Crippen molar-refractivity contribution in [2.24, 2.45) is 0 Å². The van der Waals surface area contributed by atoms with Crippen molar-refractivity contribution in [3.63, 3.8) is 0 Å². The Balaban J connectivity index is 1.37. The Labute approximate surface area is 172 Å². The summed E-state index contributed by atoms with van der Waals surface area (Å²) in [4.78, 5) is 16.6. The number of hydrogen-bond acceptors (Lipinski definition) is 7. The van der Waals surface area contributed by atoms with Gasteiger partial charge >= 0.3 is 0 Å². The van der Waals surface area contributed by atoms with Crippen LogP contribution in [0.3, 0.4) is 0 Å². The number of aromatic nitrogens is 4. The van der Waals surface area contributed by atoms with Crippen LogP contribution < -0.4 is 5.32 Å². The first-order chi connectivity index (χ1) is 14.3. The zero-order chi connectivity index (χ0) is 21.3. The molecule has 4 rings (SSSR count). The van der Waals surface area contributed by atoms with Gasteiger partial charge in [0.2, 0.25) is 17.6 Å². The van der Waals surface area contributed by atoms with Gasteiger partial charge in [-0.1, -0.05) is 5.16 Å². The summed E-state index contributed by atoms with van der Waals surface area (Å²) in [6.45, 7) is 1.78. The third kappa shape index (κ3) is 4.56. The highest BCUT2D eigenvalue weighted by molar-refractivity contribution is 7.91. The van der Waals surface area contributed by atoms with Crippen molar-refractivity contribution in [2.75, 3.05) is 16.8 Å². The molecule has 1 amide bonds. The van der Waals surface area contributed by atoms with Crippen molar-refractivity contribution in [1.82, 2.24) is 19.9 Å². The molecule has 1 aromatic carbocycles. The summed E-state index contributed by atoms with van der Waals surface area (Å²) in [5, 5.41) is 11.0. The van der Waals surface area contributed by atoms with Crippen LogP contribution in [0.4, 0.5) is 10.2 Å². The van der Waals surface area contributed by atoms with Crippen LogP contribution in [0.5, 0.6) is 0 Å². The summed E-state index contributed by atoms with van der Waals surface area (Å²) in [5.74, 6) is 0.583. The van der Waals surface area contributed by atoms with Gasteiger partial charge in [0, 0.05) is 24.5 Å². The van der Waals surface area contributed by atoms with Gasteiger partial charge in [-0.05, 0) is 37.6 Å². The Morgan fingerprint density at radius 2 is 2.10 bits per heavy atom. The number of nitrogens with one attached hydrogen (secondary N) is 1. The van der Waals surface area contributed by atoms with Crippen LogP contribution >= 0.6 is 0 Å². The molecule has 2 aromatic heterocycles. The zero-order valence-electron chi connectivity index (χ0n) is 16.2. The third-order valence-electron chi connectivity index (χ3n) is 4.82. The summed E-state index contributed by atoms with van der Waals surface area (Å²) < 4.78 is 43.3. The number of sulfone groups is 1. The summed E-state index contributed by atoms with van der Waals surface area (Å²) >= 11 is 0. The largest absolute Gasteiger partial charge is 0.339 e. The van der Waals surface area contributed by atoms with Gasteiger partial charge < -0.3 is 9.84 Å². The van der Waals surface area contributed by atoms with Crippen molar-refractivity contribution < 1.29 is 22.1 Å². The van der Waals surface area contributed by atoms with Crippen molar-refractivity contribution in [3.05, 3.63) is 47.7 Å². The monoisotopic (exact) mass is 433 g/mol. The van der Waals surface area contributed by atoms with Crippen LogP contribution in [-0.4, -0.2) is 45.8 Å². The lowest BCUT2D eigenvalue weighted by atomic mass is 10.2. The molecule has 3 aromatic rings. The van der Waals surface area contributed by atoms with Crippen LogP contribution in [0.1, 0.15) is 30.5 Å². The Kier molecular flexibility index (Phi) is 5.37. The highest BCUT2D eigenvalue weighted by atomic mass is 32.2. The predicted molar refractivity (Wildman–Crippen MR) is 106 cm³/mol. The minimum absolute atomic E-state index is 0.0190. The van der Waals surface area contributed by atoms with Gasteiger partial charge in [0.15, 0.2) is 9.84 Å². The number of aryl methyl sites for hydroxylation is 2. The van der Waals surface area contributed by atoms with E-state index in [0.29, 0.717) is 29.3 Å². The molecule has 1 saturated heterocycles. The van der Waals surface area contributed by atoms with Crippen molar-refractivity contribution in [1.29, 1.82) is 0 Å². The van der Waals surface area contributed by atoms with E-state index in [0.717, 1.165) is 0 Å². The SMILES string of the molecule is Cc1cc(NC(=O)CCc2nc(-c3ccc(F)cc3)no2)n(C2CCS(=O)(=O)C2)n1. The van der Waals surface area contributed by atoms with Gasteiger partial charge in [-0.25, -0.2) is 17.5 Å². The quantitative estimate of drug-likeness (QED) is 0.633. The standard InChI is InChI=1S/C19H20FN5O4S/c1-12-10-16(25(23-12)15-8-9-30(27,28)11-15)21-17(26)6-7-18-22-19(24-29-18)13-2-4-14(20)5-3-13/h2-5,10,15H,6-9,11H2,1H3,(H,21,26). The predicted octanol–water partition coefficient (Wildman–Crippen LogP) is 2.31. The van der Waals surface area contributed by atoms with Gasteiger partial charge in [-0.15, -0.1) is 0 Å². The van der Waals surface area contributed by atoms with Crippen LogP contribution in [0.2, 0.25) is 0 Å². The van der Waals surface area contributed by atoms with Crippen molar-refractivity contribution in [2.45, 2.75) is 32.2 Å². The molecule has 1 aliphatic rings. The van der Waals surface area contributed by atoms with E-state index in [2.05, 4.69) is 20.6 Å². The van der Waals surface area contributed by atoms with Gasteiger partial charge in [0.05, 0.1) is 23.2 Å². The number of halogens is 1. The second kappa shape index (κ2) is 7.98. The molecule has 0 aliphatic carbocycles. The van der Waals surface area contributed by atoms with Crippen LogP contribution in [0.25, 0.3) is 11.4 Å². The maximum absolute atomic E-state index is 13.0. The molecule has 0 spiro atoms. The fourth-order valence-electron chi connectivity index (χ4n) is 3.36. The molecule has 0 saturated carbocycles. The molecule has 1 atom stereocenters. The van der Waals surface area contributed by atoms with E-state index in [1.807, 2.05) is 0 Å². The fourth-order valence-corrected chi connectivity index (χ4v) is 5.05. The molecule has 3 heterocycles. The number of hydrogen-bond donors (Lipinski definition) is 1. The lowest BCUT2D eigenvalue weighted by Gasteiger charge is -2.13. The van der Waals surface area contributed by atoms with E-state index in [1.165, 1.54) is 12.1 Å². The maximum Gasteiger partial charge on any atom is 0.227 e. The first kappa shape index (κ1) is 20.2. The number of benzene rings is 1. The Bertz CT molecular complexity index is 1170. The highest BCUT2D eigenvalue weighted by Gasteiger charge is 2.31. The zero-order valence-corrected chi connectivity index (χ0v) is 17.0. The molecule has 1 fully saturated rings. The second-order valence-corrected chi connectivity index (χ2v) is 9.47. The van der Waals surface area contributed by atoms with E-state index in [1.54, 1.807) is 29.8 Å². The summed E-state index contributed by atoms with van der Waals surface area (Å²) in [5.41, 5.74) is 1.30. The van der Waals surface area contributed by atoms with Gasteiger partial charge in [-0.2, -0.15) is 10.1 Å². The van der Waals surface area contributed by atoms with E-state index < -0.39 is 9.84 Å². The van der Waals surface area contributed by atoms with E-state index in [-0.39, 0.29) is 48.0 Å². The number of anilines is 1. The van der Waals surface area contributed by atoms with Gasteiger partial charge in [0.25, 0.3) is 0 Å². The van der Waals surface area contributed by atoms with E-state index >= 15 is 0 Å². The molecule has 1 aliphatic heterocycles. The van der Waals surface area contributed by atoms with Crippen LogP contribution in [0, 0.1) is 12.7 Å². The minimum Gasteiger partial charge on any atom is -0.339 e. The van der Waals surface area contributed by atoms with Crippen LogP contribution in [0.15, 0.2) is 34.9 Å². The average molecular weight is 433 g/mol. The lowest BCUT2D eigenvalue weighted by Crippen LogP contribution is -2.19. The molecule has 30 heavy (non-hydrogen) atoms. The van der Waals surface area contributed by atoms with Crippen molar-refractivity contribution >= 4 is 21.6 Å². The second-order valence-electron chi connectivity index (χ2n) is 7.24. The topological polar surface area (TPSA) is 120 Å². The first-order valence-corrected chi connectivity index (χ1v) is 11.3. The molecule has 0 bridgehead atoms. The lowest BCUT2D eigenvalue weighted by molar-refractivity contribution is -0.116. The molecule has 1 N–H and O–H groups in total. The Hall–Kier alpha value is -3.08. The van der Waals surface area contributed by atoms with Gasteiger partial charge in [-0.3, -0.25) is 4.79 Å². The molecule has 0 radical (unpaired) electrons. The number of nitrogens with zero attached hydrogens (tertiary/aromatic N) is 4. The van der Waals surface area contributed by atoms with Crippen molar-refractivity contribution in [3.8, 4) is 11.4 Å². The fraction of sp³-hybridized carbons (Fsp3) is 0.368. The smallest absolute Gasteiger partial charge is 0.227 e. The highest BCUT2D eigenvalue weighted by Crippen LogP contribution is 2.27. The molecule has 9 nitrogen and oxygen atoms in total. The Morgan fingerprint density at radius 1 is 1.33 bits per heavy atom. The van der Waals surface area contributed by atoms with Gasteiger partial charge in [0.1, 0.15) is 11.6 Å². The van der Waals surface area contributed by atoms with E-state index in [4.69, 9.17) is 4.52 Å². The van der Waals surface area contributed by atoms with Crippen LogP contribution in [-0.2, 0) is 21.1 Å². The maximum atomic E-state index is 13.0. The molecular formula is C19H20FN5O4S. The Morgan fingerprint density at radius 3 is 2.80 bits per heavy atom. The number of amides is 1. The molecule has 158 valence electrons. The first-order valence-electron chi connectivity index (χ1n) is 9.44. The molecule has 1 unspecified atom stereocenters. The number of carbonyl (C=O) groups is 1. The van der Waals surface area contributed by atoms with E-state index in [9.17, 15) is 17.6 Å². The minimum atomic E-state index is -3.07. The number of rotatable bonds is 6. The summed E-state index contributed by atoms with van der Waals surface area (Å²) in [7, 11) is -3.07. The third-order valence-corrected chi connectivity index (χ3v) is 6.57. The average Bonchev–Trinajstić information content (AvgIpc) is 3.39. The molecular weight excluding hydrogens is 413 g/mol. The molecule has 11 heteroatoms. The normalized spacial score (nSPS) is 17.9. The number of carbonyl (C=O) groups excluding carboxylic acids is 1. The summed E-state index contributed by atoms with van der Waals surface area (Å²) in [6.07, 6.45) is 0.795.